The molecule has 0 fully saturated rings. The minimum absolute atomic E-state index is 0.0505. The second kappa shape index (κ2) is 4.97. The fraction of sp³-hybridized carbons (Fsp3) is 0.300. The number of benzene rings is 1. The van der Waals surface area contributed by atoms with Crippen LogP contribution in [0.25, 0.3) is 0 Å². The molecule has 4 heteroatoms. The van der Waals surface area contributed by atoms with Gasteiger partial charge in [-0.25, -0.2) is 0 Å². The third-order valence-corrected chi connectivity index (χ3v) is 2.48. The van der Waals surface area contributed by atoms with Crippen LogP contribution in [0.1, 0.15) is 17.2 Å². The monoisotopic (exact) mass is 210 g/mol. The van der Waals surface area contributed by atoms with Crippen molar-refractivity contribution in [2.75, 3.05) is 13.7 Å². The Kier molecular flexibility index (Phi) is 3.90. The number of nitriles is 1. The maximum atomic E-state index is 9.06. The molecular weight excluding hydrogens is 200 g/mol. The number of nitrogens with zero attached hydrogens (tertiary/aromatic N) is 1. The van der Waals surface area contributed by atoms with E-state index in [4.69, 9.17) is 22.0 Å². The van der Waals surface area contributed by atoms with E-state index in [0.29, 0.717) is 10.6 Å². The van der Waals surface area contributed by atoms with Crippen LogP contribution in [0.15, 0.2) is 18.2 Å². The van der Waals surface area contributed by atoms with E-state index in [2.05, 4.69) is 5.32 Å². The molecule has 0 aliphatic heterocycles. The first kappa shape index (κ1) is 11.0. The van der Waals surface area contributed by atoms with E-state index >= 15 is 0 Å². The summed E-state index contributed by atoms with van der Waals surface area (Å²) in [6.07, 6.45) is 0. The normalized spacial score (nSPS) is 12.1. The van der Waals surface area contributed by atoms with Crippen LogP contribution in [0.3, 0.4) is 0 Å². The SMILES string of the molecule is CN[C@H](CO)c1cccc(C#N)c1Cl. The zero-order valence-corrected chi connectivity index (χ0v) is 8.54. The smallest absolute Gasteiger partial charge is 0.101 e. The highest BCUT2D eigenvalue weighted by Gasteiger charge is 2.13. The summed E-state index contributed by atoms with van der Waals surface area (Å²) < 4.78 is 0. The van der Waals surface area contributed by atoms with Gasteiger partial charge in [0, 0.05) is 0 Å². The highest BCUT2D eigenvalue weighted by atomic mass is 35.5. The number of likely N-dealkylation sites (N-methyl/N-ethyl adjacent to an activating group) is 1. The largest absolute Gasteiger partial charge is 0.394 e. The standard InChI is InChI=1S/C10H11ClN2O/c1-13-9(6-14)8-4-2-3-7(5-12)10(8)11/h2-4,9,13-14H,6H2,1H3/t9-/m1/s1. The van der Waals surface area contributed by atoms with Gasteiger partial charge < -0.3 is 10.4 Å². The fourth-order valence-corrected chi connectivity index (χ4v) is 1.55. The lowest BCUT2D eigenvalue weighted by atomic mass is 10.0. The maximum absolute atomic E-state index is 9.06. The number of nitrogens with one attached hydrogen (secondary N) is 1. The molecule has 0 heterocycles. The van der Waals surface area contributed by atoms with Gasteiger partial charge in [0.1, 0.15) is 6.07 Å². The van der Waals surface area contributed by atoms with Gasteiger partial charge in [0.05, 0.1) is 23.2 Å². The van der Waals surface area contributed by atoms with Crippen molar-refractivity contribution in [2.24, 2.45) is 0 Å². The number of aliphatic hydroxyl groups is 1. The molecule has 1 atom stereocenters. The summed E-state index contributed by atoms with van der Waals surface area (Å²) in [5.74, 6) is 0. The number of halogens is 1. The van der Waals surface area contributed by atoms with E-state index in [9.17, 15) is 0 Å². The van der Waals surface area contributed by atoms with Crippen molar-refractivity contribution >= 4 is 11.6 Å². The van der Waals surface area contributed by atoms with Crippen LogP contribution in [-0.4, -0.2) is 18.8 Å². The van der Waals surface area contributed by atoms with E-state index in [0.717, 1.165) is 5.56 Å². The second-order valence-electron chi connectivity index (χ2n) is 2.84. The zero-order valence-electron chi connectivity index (χ0n) is 7.79. The fourth-order valence-electron chi connectivity index (χ4n) is 1.25. The summed E-state index contributed by atoms with van der Waals surface area (Å²) in [7, 11) is 1.73. The van der Waals surface area contributed by atoms with Gasteiger partial charge in [-0.15, -0.1) is 0 Å². The lowest BCUT2D eigenvalue weighted by molar-refractivity contribution is 0.251. The average molecular weight is 211 g/mol. The quantitative estimate of drug-likeness (QED) is 0.795. The van der Waals surface area contributed by atoms with Gasteiger partial charge in [-0.2, -0.15) is 5.26 Å². The van der Waals surface area contributed by atoms with Crippen LogP contribution in [0, 0.1) is 11.3 Å². The Bertz CT molecular complexity index is 356. The van der Waals surface area contributed by atoms with Crippen molar-refractivity contribution in [3.05, 3.63) is 34.3 Å². The van der Waals surface area contributed by atoms with Crippen LogP contribution < -0.4 is 5.32 Å². The summed E-state index contributed by atoms with van der Waals surface area (Å²) in [6, 6.07) is 6.96. The van der Waals surface area contributed by atoms with Gasteiger partial charge in [-0.05, 0) is 18.7 Å². The first-order valence-electron chi connectivity index (χ1n) is 4.21. The van der Waals surface area contributed by atoms with Crippen molar-refractivity contribution in [3.63, 3.8) is 0 Å². The van der Waals surface area contributed by atoms with E-state index in [1.54, 1.807) is 25.2 Å². The Hall–Kier alpha value is -1.08. The minimum atomic E-state index is -0.226. The molecule has 1 aromatic carbocycles. The predicted molar refractivity (Wildman–Crippen MR) is 55.1 cm³/mol. The molecule has 1 rings (SSSR count). The topological polar surface area (TPSA) is 56.0 Å². The van der Waals surface area contributed by atoms with Crippen LogP contribution in [0.2, 0.25) is 5.02 Å². The molecule has 1 aromatic rings. The molecule has 14 heavy (non-hydrogen) atoms. The van der Waals surface area contributed by atoms with Crippen molar-refractivity contribution in [1.82, 2.24) is 5.32 Å². The van der Waals surface area contributed by atoms with Gasteiger partial charge in [-0.3, -0.25) is 0 Å². The van der Waals surface area contributed by atoms with Gasteiger partial charge >= 0.3 is 0 Å². The highest BCUT2D eigenvalue weighted by Crippen LogP contribution is 2.25. The maximum Gasteiger partial charge on any atom is 0.101 e. The summed E-state index contributed by atoms with van der Waals surface area (Å²) in [4.78, 5) is 0. The van der Waals surface area contributed by atoms with Crippen LogP contribution in [0.5, 0.6) is 0 Å². The molecule has 0 radical (unpaired) electrons. The Morgan fingerprint density at radius 1 is 1.64 bits per heavy atom. The zero-order chi connectivity index (χ0) is 10.6. The lowest BCUT2D eigenvalue weighted by Gasteiger charge is -2.15. The first-order chi connectivity index (χ1) is 6.74. The Morgan fingerprint density at radius 3 is 2.86 bits per heavy atom. The molecule has 0 aliphatic rings. The third kappa shape index (κ3) is 2.05. The molecule has 0 unspecified atom stereocenters. The van der Waals surface area contributed by atoms with E-state index in [-0.39, 0.29) is 12.6 Å². The van der Waals surface area contributed by atoms with Gasteiger partial charge in [0.15, 0.2) is 0 Å². The van der Waals surface area contributed by atoms with Crippen molar-refractivity contribution < 1.29 is 5.11 Å². The number of rotatable bonds is 3. The number of hydrogen-bond acceptors (Lipinski definition) is 3. The Balaban J connectivity index is 3.15. The predicted octanol–water partition coefficient (Wildman–Crippen LogP) is 1.46. The van der Waals surface area contributed by atoms with Gasteiger partial charge in [-0.1, -0.05) is 23.7 Å². The van der Waals surface area contributed by atoms with Crippen molar-refractivity contribution in [1.29, 1.82) is 5.26 Å². The Morgan fingerprint density at radius 2 is 2.36 bits per heavy atom. The van der Waals surface area contributed by atoms with Crippen LogP contribution >= 0.6 is 11.6 Å². The molecule has 3 nitrogen and oxygen atoms in total. The molecule has 0 aromatic heterocycles. The summed E-state index contributed by atoms with van der Waals surface area (Å²) in [5.41, 5.74) is 1.17. The number of hydrogen-bond donors (Lipinski definition) is 2. The molecular formula is C10H11ClN2O. The van der Waals surface area contributed by atoms with Gasteiger partial charge in [0.25, 0.3) is 0 Å². The summed E-state index contributed by atoms with van der Waals surface area (Å²) >= 11 is 5.99. The molecule has 0 amide bonds. The molecule has 0 saturated heterocycles. The second-order valence-corrected chi connectivity index (χ2v) is 3.22. The van der Waals surface area contributed by atoms with Crippen molar-refractivity contribution in [3.8, 4) is 6.07 Å². The molecule has 74 valence electrons. The third-order valence-electron chi connectivity index (χ3n) is 2.06. The van der Waals surface area contributed by atoms with Gasteiger partial charge in [0.2, 0.25) is 0 Å². The summed E-state index contributed by atoms with van der Waals surface area (Å²) in [5, 5.41) is 21.1. The minimum Gasteiger partial charge on any atom is -0.394 e. The Labute approximate surface area is 87.9 Å². The first-order valence-corrected chi connectivity index (χ1v) is 4.59. The lowest BCUT2D eigenvalue weighted by Crippen LogP contribution is -2.20. The highest BCUT2D eigenvalue weighted by molar-refractivity contribution is 6.32. The molecule has 0 aliphatic carbocycles. The van der Waals surface area contributed by atoms with E-state index in [1.807, 2.05) is 6.07 Å². The van der Waals surface area contributed by atoms with Crippen molar-refractivity contribution in [2.45, 2.75) is 6.04 Å². The number of aliphatic hydroxyl groups excluding tert-OH is 1. The van der Waals surface area contributed by atoms with Crippen LogP contribution in [-0.2, 0) is 0 Å². The summed E-state index contributed by atoms with van der Waals surface area (Å²) in [6.45, 7) is -0.0505. The average Bonchev–Trinajstić information content (AvgIpc) is 2.22. The molecule has 2 N–H and O–H groups in total. The van der Waals surface area contributed by atoms with E-state index in [1.165, 1.54) is 0 Å². The molecule has 0 saturated carbocycles. The van der Waals surface area contributed by atoms with E-state index < -0.39 is 0 Å². The van der Waals surface area contributed by atoms with Crippen LogP contribution in [0.4, 0.5) is 0 Å². The molecule has 0 bridgehead atoms. The molecule has 0 spiro atoms.